The minimum absolute atomic E-state index is 0.129. The molecule has 2 nitrogen and oxygen atoms in total. The van der Waals surface area contributed by atoms with E-state index in [0.717, 1.165) is 0 Å². The normalized spacial score (nSPS) is 25.9. The van der Waals surface area contributed by atoms with E-state index in [0.29, 0.717) is 0 Å². The van der Waals surface area contributed by atoms with Crippen LogP contribution < -0.4 is 5.46 Å². The van der Waals surface area contributed by atoms with Crippen molar-refractivity contribution < 1.29 is 14.8 Å². The van der Waals surface area contributed by atoms with E-state index in [1.807, 2.05) is 27.7 Å². The van der Waals surface area contributed by atoms with Crippen LogP contribution in [-0.4, -0.2) is 18.3 Å². The zero-order valence-electron chi connectivity index (χ0n) is 13.8. The van der Waals surface area contributed by atoms with Crippen molar-refractivity contribution >= 4 is 28.5 Å². The zero-order chi connectivity index (χ0) is 15.5. The second-order valence-electron chi connectivity index (χ2n) is 4.82. The third-order valence-electron chi connectivity index (χ3n) is 3.10. The first-order valence-electron chi connectivity index (χ1n) is 7.11. The molecule has 1 aliphatic rings. The zero-order valence-corrected chi connectivity index (χ0v) is 11.4. The molecule has 0 spiro atoms. The van der Waals surface area contributed by atoms with Crippen LogP contribution in [0.15, 0.2) is 28.6 Å². The first-order valence-corrected chi connectivity index (χ1v) is 5.90. The smallest absolute Gasteiger partial charge is 0.399 e. The fourth-order valence-corrected chi connectivity index (χ4v) is 1.58. The Kier molecular flexibility index (Phi) is 1.91. The van der Waals surface area contributed by atoms with Crippen LogP contribution in [0.4, 0.5) is 0 Å². The van der Waals surface area contributed by atoms with Gasteiger partial charge in [0.1, 0.15) is 0 Å². The van der Waals surface area contributed by atoms with E-state index >= 15 is 0 Å². The first kappa shape index (κ1) is 7.91. The molecule has 2 rings (SSSR count). The molecule has 16 heavy (non-hydrogen) atoms. The number of hydrogen-bond donors (Lipinski definition) is 0. The standard InChI is InChI=1S/C12H16BBrO2/c1-11(2)12(3,4)16-13(15-11)9-5-7-10(14)8-6-9/h5-8H,1-4H3/i5D,6D,7D,8D. The van der Waals surface area contributed by atoms with E-state index in [-0.39, 0.29) is 34.1 Å². The molecule has 1 fully saturated rings. The minimum Gasteiger partial charge on any atom is -0.399 e. The van der Waals surface area contributed by atoms with Crippen molar-refractivity contribution in [2.24, 2.45) is 0 Å². The second kappa shape index (κ2) is 3.86. The van der Waals surface area contributed by atoms with Crippen molar-refractivity contribution in [2.75, 3.05) is 0 Å². The molecule has 4 heteroatoms. The Balaban J connectivity index is 2.57. The SMILES string of the molecule is [2H]c1c([2H])c(B2OC(C)(C)C(C)(C)O2)c([2H])c([2H])c1Br. The van der Waals surface area contributed by atoms with E-state index in [1.165, 1.54) is 0 Å². The van der Waals surface area contributed by atoms with E-state index < -0.39 is 18.3 Å². The van der Waals surface area contributed by atoms with Gasteiger partial charge in [-0.15, -0.1) is 0 Å². The summed E-state index contributed by atoms with van der Waals surface area (Å²) in [6.45, 7) is 7.51. The Morgan fingerprint density at radius 3 is 1.94 bits per heavy atom. The average Bonchev–Trinajstić information content (AvgIpc) is 2.53. The molecule has 1 saturated heterocycles. The van der Waals surface area contributed by atoms with Crippen LogP contribution in [0.3, 0.4) is 0 Å². The Bertz CT molecular complexity index is 532. The predicted molar refractivity (Wildman–Crippen MR) is 69.9 cm³/mol. The number of hydrogen-bond acceptors (Lipinski definition) is 2. The molecule has 0 saturated carbocycles. The van der Waals surface area contributed by atoms with Crippen molar-refractivity contribution in [3.8, 4) is 0 Å². The van der Waals surface area contributed by atoms with Gasteiger partial charge < -0.3 is 9.31 Å². The molecule has 1 heterocycles. The second-order valence-corrected chi connectivity index (χ2v) is 5.61. The van der Waals surface area contributed by atoms with Crippen molar-refractivity contribution in [2.45, 2.75) is 38.9 Å². The highest BCUT2D eigenvalue weighted by molar-refractivity contribution is 9.10. The quantitative estimate of drug-likeness (QED) is 0.739. The lowest BCUT2D eigenvalue weighted by Gasteiger charge is -2.32. The van der Waals surface area contributed by atoms with Gasteiger partial charge in [0.05, 0.1) is 16.7 Å². The molecule has 1 aromatic carbocycles. The summed E-state index contributed by atoms with van der Waals surface area (Å²) in [4.78, 5) is 0. The molecule has 1 aliphatic heterocycles. The van der Waals surface area contributed by atoms with E-state index in [9.17, 15) is 0 Å². The first-order chi connectivity index (χ1) is 8.99. The van der Waals surface area contributed by atoms with Gasteiger partial charge in [0.25, 0.3) is 0 Å². The van der Waals surface area contributed by atoms with Crippen molar-refractivity contribution in [1.82, 2.24) is 0 Å². The van der Waals surface area contributed by atoms with Gasteiger partial charge in [-0.25, -0.2) is 0 Å². The fraction of sp³-hybridized carbons (Fsp3) is 0.500. The fourth-order valence-electron chi connectivity index (χ4n) is 1.39. The van der Waals surface area contributed by atoms with Gasteiger partial charge in [-0.05, 0) is 45.2 Å². The summed E-state index contributed by atoms with van der Waals surface area (Å²) in [6.07, 6.45) is 0. The summed E-state index contributed by atoms with van der Waals surface area (Å²) in [5, 5.41) is 0. The molecule has 0 amide bonds. The number of halogens is 1. The van der Waals surface area contributed by atoms with Crippen LogP contribution in [0.2, 0.25) is 0 Å². The lowest BCUT2D eigenvalue weighted by Crippen LogP contribution is -2.41. The lowest BCUT2D eigenvalue weighted by atomic mass is 9.79. The van der Waals surface area contributed by atoms with E-state index in [2.05, 4.69) is 15.9 Å². The van der Waals surface area contributed by atoms with Gasteiger partial charge in [-0.1, -0.05) is 28.0 Å². The summed E-state index contributed by atoms with van der Waals surface area (Å²) < 4.78 is 43.5. The van der Waals surface area contributed by atoms with Crippen molar-refractivity contribution in [3.05, 3.63) is 28.6 Å². The van der Waals surface area contributed by atoms with Gasteiger partial charge in [-0.2, -0.15) is 0 Å². The lowest BCUT2D eigenvalue weighted by molar-refractivity contribution is 0.00578. The van der Waals surface area contributed by atoms with Crippen molar-refractivity contribution in [3.63, 3.8) is 0 Å². The van der Waals surface area contributed by atoms with Crippen LogP contribution >= 0.6 is 15.9 Å². The maximum absolute atomic E-state index is 8.02. The summed E-state index contributed by atoms with van der Waals surface area (Å²) in [7, 11) is -0.902. The van der Waals surface area contributed by atoms with Gasteiger partial charge in [0.2, 0.25) is 0 Å². The average molecular weight is 287 g/mol. The molecule has 0 aliphatic carbocycles. The molecule has 86 valence electrons. The van der Waals surface area contributed by atoms with E-state index in [4.69, 9.17) is 14.8 Å². The van der Waals surface area contributed by atoms with Gasteiger partial charge in [-0.3, -0.25) is 0 Å². The topological polar surface area (TPSA) is 18.5 Å². The van der Waals surface area contributed by atoms with Crippen LogP contribution in [-0.2, 0) is 9.31 Å². The Labute approximate surface area is 111 Å². The number of benzene rings is 1. The summed E-state index contributed by atoms with van der Waals surface area (Å²) >= 11 is 3.07. The largest absolute Gasteiger partial charge is 0.494 e. The van der Waals surface area contributed by atoms with Gasteiger partial charge >= 0.3 is 7.12 Å². The Morgan fingerprint density at radius 2 is 1.50 bits per heavy atom. The monoisotopic (exact) mass is 286 g/mol. The molecule has 0 N–H and O–H groups in total. The highest BCUT2D eigenvalue weighted by Crippen LogP contribution is 2.36. The summed E-state index contributed by atoms with van der Waals surface area (Å²) in [6, 6.07) is -0.542. The maximum Gasteiger partial charge on any atom is 0.494 e. The van der Waals surface area contributed by atoms with Gasteiger partial charge in [0.15, 0.2) is 0 Å². The highest BCUT2D eigenvalue weighted by Gasteiger charge is 2.51. The van der Waals surface area contributed by atoms with Crippen LogP contribution in [0.1, 0.15) is 33.2 Å². The predicted octanol–water partition coefficient (Wildman–Crippen LogP) is 2.75. The number of rotatable bonds is 1. The third-order valence-corrected chi connectivity index (χ3v) is 3.50. The molecular formula is C12H16BBrO2. The van der Waals surface area contributed by atoms with Crippen LogP contribution in [0.5, 0.6) is 0 Å². The summed E-state index contributed by atoms with van der Waals surface area (Å²) in [5.74, 6) is 0. The molecule has 0 aromatic heterocycles. The third kappa shape index (κ3) is 2.06. The van der Waals surface area contributed by atoms with Gasteiger partial charge in [0, 0.05) is 4.47 Å². The Morgan fingerprint density at radius 1 is 1.06 bits per heavy atom. The summed E-state index contributed by atoms with van der Waals surface area (Å²) in [5.41, 5.74) is -1.04. The van der Waals surface area contributed by atoms with Crippen LogP contribution in [0.25, 0.3) is 0 Å². The molecule has 0 radical (unpaired) electrons. The molecule has 0 bridgehead atoms. The molecule has 1 aromatic rings. The molecule has 0 atom stereocenters. The highest BCUT2D eigenvalue weighted by atomic mass is 79.9. The Hall–Kier alpha value is -0.315. The minimum atomic E-state index is -0.902. The maximum atomic E-state index is 8.02. The molecule has 0 unspecified atom stereocenters. The van der Waals surface area contributed by atoms with Crippen LogP contribution in [0, 0.1) is 0 Å². The van der Waals surface area contributed by atoms with E-state index in [1.54, 1.807) is 0 Å². The molecular weight excluding hydrogens is 267 g/mol. The van der Waals surface area contributed by atoms with Crippen molar-refractivity contribution in [1.29, 1.82) is 0 Å².